The van der Waals surface area contributed by atoms with E-state index < -0.39 is 0 Å². The van der Waals surface area contributed by atoms with Crippen LogP contribution < -0.4 is 4.74 Å². The van der Waals surface area contributed by atoms with Gasteiger partial charge in [-0.2, -0.15) is 5.10 Å². The summed E-state index contributed by atoms with van der Waals surface area (Å²) in [5.41, 5.74) is 2.51. The molecule has 30 heavy (non-hydrogen) atoms. The molecule has 2 aromatic heterocycles. The number of hydrogen-bond acceptors (Lipinski definition) is 5. The van der Waals surface area contributed by atoms with Crippen molar-refractivity contribution in [3.05, 3.63) is 65.1 Å². The molecule has 3 aromatic rings. The number of carbonyl (C=O) groups is 1. The number of H-pyrrole nitrogens is 1. The molecular weight excluding hydrogens is 380 g/mol. The molecule has 1 aliphatic rings. The maximum absolute atomic E-state index is 12.9. The first-order chi connectivity index (χ1) is 14.5. The van der Waals surface area contributed by atoms with Crippen molar-refractivity contribution in [2.45, 2.75) is 44.9 Å². The molecule has 0 spiro atoms. The average Bonchev–Trinajstić information content (AvgIpc) is 3.44. The van der Waals surface area contributed by atoms with E-state index in [0.717, 1.165) is 42.2 Å². The SMILES string of the molecule is COc1ccccc1Cc1cnc(C2CCCN(C(=O)c3cc(C(C)C)[nH]n3)C2)o1. The molecule has 1 saturated heterocycles. The predicted octanol–water partition coefficient (Wildman–Crippen LogP) is 4.14. The molecular formula is C23H28N4O3. The Kier molecular flexibility index (Phi) is 5.88. The van der Waals surface area contributed by atoms with Crippen molar-refractivity contribution in [1.82, 2.24) is 20.1 Å². The van der Waals surface area contributed by atoms with Gasteiger partial charge >= 0.3 is 0 Å². The molecule has 3 heterocycles. The number of amides is 1. The number of oxazole rings is 1. The van der Waals surface area contributed by atoms with E-state index in [1.807, 2.05) is 35.2 Å². The number of hydrogen-bond donors (Lipinski definition) is 1. The number of aromatic amines is 1. The Balaban J connectivity index is 1.44. The summed E-state index contributed by atoms with van der Waals surface area (Å²) in [4.78, 5) is 19.3. The Morgan fingerprint density at radius 3 is 2.97 bits per heavy atom. The molecule has 1 aromatic carbocycles. The second-order valence-corrected chi connectivity index (χ2v) is 8.11. The van der Waals surface area contributed by atoms with E-state index in [9.17, 15) is 4.79 Å². The first-order valence-electron chi connectivity index (χ1n) is 10.5. The third-order valence-corrected chi connectivity index (χ3v) is 5.63. The number of methoxy groups -OCH3 is 1. The number of aromatic nitrogens is 3. The molecule has 0 bridgehead atoms. The monoisotopic (exact) mass is 408 g/mol. The Bertz CT molecular complexity index is 1010. The van der Waals surface area contributed by atoms with E-state index in [2.05, 4.69) is 29.0 Å². The number of piperidine rings is 1. The molecule has 1 atom stereocenters. The minimum Gasteiger partial charge on any atom is -0.496 e. The Hall–Kier alpha value is -3.09. The van der Waals surface area contributed by atoms with E-state index in [1.54, 1.807) is 13.3 Å². The second kappa shape index (κ2) is 8.73. The average molecular weight is 409 g/mol. The first kappa shape index (κ1) is 20.2. The standard InChI is InChI=1S/C23H28N4O3/c1-15(2)19-12-20(26-25-19)23(28)27-10-6-8-17(14-27)22-24-13-18(30-22)11-16-7-4-5-9-21(16)29-3/h4-5,7,9,12-13,15,17H,6,8,10-11,14H2,1-3H3,(H,25,26). The van der Waals surface area contributed by atoms with Crippen molar-refractivity contribution in [2.24, 2.45) is 0 Å². The molecule has 1 aliphatic heterocycles. The molecule has 0 aliphatic carbocycles. The second-order valence-electron chi connectivity index (χ2n) is 8.11. The van der Waals surface area contributed by atoms with E-state index >= 15 is 0 Å². The van der Waals surface area contributed by atoms with Crippen LogP contribution in [0.4, 0.5) is 0 Å². The maximum atomic E-state index is 12.9. The van der Waals surface area contributed by atoms with E-state index in [1.165, 1.54) is 0 Å². The van der Waals surface area contributed by atoms with Gasteiger partial charge in [-0.25, -0.2) is 4.98 Å². The molecule has 0 saturated carbocycles. The van der Waals surface area contributed by atoms with Crippen molar-refractivity contribution in [1.29, 1.82) is 0 Å². The molecule has 1 fully saturated rings. The van der Waals surface area contributed by atoms with Gasteiger partial charge in [-0.1, -0.05) is 32.0 Å². The van der Waals surface area contributed by atoms with Crippen LogP contribution in [-0.4, -0.2) is 46.2 Å². The highest BCUT2D eigenvalue weighted by Crippen LogP contribution is 2.29. The van der Waals surface area contributed by atoms with Crippen molar-refractivity contribution in [3.8, 4) is 5.75 Å². The van der Waals surface area contributed by atoms with Gasteiger partial charge < -0.3 is 14.1 Å². The van der Waals surface area contributed by atoms with Crippen molar-refractivity contribution in [3.63, 3.8) is 0 Å². The van der Waals surface area contributed by atoms with E-state index in [-0.39, 0.29) is 11.8 Å². The van der Waals surface area contributed by atoms with Crippen LogP contribution in [0.25, 0.3) is 0 Å². The third kappa shape index (κ3) is 4.25. The minimum absolute atomic E-state index is 0.0383. The predicted molar refractivity (Wildman–Crippen MR) is 113 cm³/mol. The lowest BCUT2D eigenvalue weighted by Gasteiger charge is -2.30. The zero-order valence-electron chi connectivity index (χ0n) is 17.7. The highest BCUT2D eigenvalue weighted by atomic mass is 16.5. The number of likely N-dealkylation sites (tertiary alicyclic amines) is 1. The smallest absolute Gasteiger partial charge is 0.274 e. The van der Waals surface area contributed by atoms with Gasteiger partial charge in [0.2, 0.25) is 0 Å². The van der Waals surface area contributed by atoms with Gasteiger partial charge in [0.15, 0.2) is 5.89 Å². The van der Waals surface area contributed by atoms with Gasteiger partial charge in [0.25, 0.3) is 5.91 Å². The number of rotatable bonds is 6. The van der Waals surface area contributed by atoms with Crippen LogP contribution in [0.5, 0.6) is 5.75 Å². The first-order valence-corrected chi connectivity index (χ1v) is 10.5. The van der Waals surface area contributed by atoms with Gasteiger partial charge in [-0.15, -0.1) is 0 Å². The minimum atomic E-state index is -0.0383. The number of para-hydroxylation sites is 1. The normalized spacial score (nSPS) is 16.8. The lowest BCUT2D eigenvalue weighted by Crippen LogP contribution is -2.39. The zero-order valence-corrected chi connectivity index (χ0v) is 17.7. The highest BCUT2D eigenvalue weighted by molar-refractivity contribution is 5.92. The summed E-state index contributed by atoms with van der Waals surface area (Å²) in [6.45, 7) is 5.47. The topological polar surface area (TPSA) is 84.2 Å². The molecule has 158 valence electrons. The van der Waals surface area contributed by atoms with Gasteiger partial charge in [0, 0.05) is 30.8 Å². The van der Waals surface area contributed by atoms with Crippen molar-refractivity contribution < 1.29 is 13.9 Å². The van der Waals surface area contributed by atoms with Crippen LogP contribution >= 0.6 is 0 Å². The van der Waals surface area contributed by atoms with Crippen LogP contribution in [-0.2, 0) is 6.42 Å². The maximum Gasteiger partial charge on any atom is 0.274 e. The third-order valence-electron chi connectivity index (χ3n) is 5.63. The van der Waals surface area contributed by atoms with Crippen LogP contribution in [0.1, 0.15) is 71.9 Å². The number of ether oxygens (including phenoxy) is 1. The number of nitrogens with zero attached hydrogens (tertiary/aromatic N) is 3. The fraction of sp³-hybridized carbons (Fsp3) is 0.435. The summed E-state index contributed by atoms with van der Waals surface area (Å²) in [5.74, 6) is 2.70. The van der Waals surface area contributed by atoms with Gasteiger partial charge in [-0.3, -0.25) is 9.89 Å². The van der Waals surface area contributed by atoms with Crippen molar-refractivity contribution in [2.75, 3.05) is 20.2 Å². The van der Waals surface area contributed by atoms with Gasteiger partial charge in [0.05, 0.1) is 19.2 Å². The summed E-state index contributed by atoms with van der Waals surface area (Å²) in [7, 11) is 1.67. The summed E-state index contributed by atoms with van der Waals surface area (Å²) in [5, 5.41) is 7.18. The Morgan fingerprint density at radius 1 is 1.37 bits per heavy atom. The molecule has 0 radical (unpaired) electrons. The molecule has 4 rings (SSSR count). The highest BCUT2D eigenvalue weighted by Gasteiger charge is 2.29. The van der Waals surface area contributed by atoms with Crippen LogP contribution in [0.15, 0.2) is 40.9 Å². The van der Waals surface area contributed by atoms with E-state index in [0.29, 0.717) is 30.5 Å². The molecule has 1 unspecified atom stereocenters. The van der Waals surface area contributed by atoms with Crippen LogP contribution in [0.2, 0.25) is 0 Å². The fourth-order valence-electron chi connectivity index (χ4n) is 3.90. The lowest BCUT2D eigenvalue weighted by molar-refractivity contribution is 0.0692. The summed E-state index contributed by atoms with van der Waals surface area (Å²) < 4.78 is 11.5. The lowest BCUT2D eigenvalue weighted by atomic mass is 9.97. The summed E-state index contributed by atoms with van der Waals surface area (Å²) >= 11 is 0. The Labute approximate surface area is 176 Å². The largest absolute Gasteiger partial charge is 0.496 e. The quantitative estimate of drug-likeness (QED) is 0.663. The molecule has 1 amide bonds. The molecule has 7 heteroatoms. The van der Waals surface area contributed by atoms with Gasteiger partial charge in [-0.05, 0) is 30.9 Å². The summed E-state index contributed by atoms with van der Waals surface area (Å²) in [6, 6.07) is 9.76. The van der Waals surface area contributed by atoms with Crippen LogP contribution in [0, 0.1) is 0 Å². The number of nitrogens with one attached hydrogen (secondary N) is 1. The molecule has 7 nitrogen and oxygen atoms in total. The Morgan fingerprint density at radius 2 is 2.20 bits per heavy atom. The van der Waals surface area contributed by atoms with E-state index in [4.69, 9.17) is 9.15 Å². The fourth-order valence-corrected chi connectivity index (χ4v) is 3.90. The summed E-state index contributed by atoms with van der Waals surface area (Å²) in [6.07, 6.45) is 4.28. The molecule has 1 N–H and O–H groups in total. The number of benzene rings is 1. The number of carbonyl (C=O) groups excluding carboxylic acids is 1. The van der Waals surface area contributed by atoms with Gasteiger partial charge in [0.1, 0.15) is 17.2 Å². The zero-order chi connectivity index (χ0) is 21.1. The van der Waals surface area contributed by atoms with Crippen LogP contribution in [0.3, 0.4) is 0 Å². The van der Waals surface area contributed by atoms with Crippen molar-refractivity contribution >= 4 is 5.91 Å².